The fraction of sp³-hybridized carbons (Fsp3) is 0.391. The van der Waals surface area contributed by atoms with Crippen molar-refractivity contribution in [3.05, 3.63) is 45.1 Å². The average molecular weight is 500 g/mol. The summed E-state index contributed by atoms with van der Waals surface area (Å²) in [4.78, 5) is 63.6. The van der Waals surface area contributed by atoms with Gasteiger partial charge in [-0.3, -0.25) is 19.2 Å². The van der Waals surface area contributed by atoms with Gasteiger partial charge in [-0.15, -0.1) is 0 Å². The Bertz CT molecular complexity index is 1360. The normalized spacial score (nSPS) is 29.1. The van der Waals surface area contributed by atoms with Gasteiger partial charge in [0.25, 0.3) is 5.91 Å². The fourth-order valence-electron chi connectivity index (χ4n) is 5.47. The van der Waals surface area contributed by atoms with E-state index in [1.807, 2.05) is 0 Å². The molecule has 0 aromatic heterocycles. The first-order chi connectivity index (χ1) is 16.9. The highest BCUT2D eigenvalue weighted by atomic mass is 16.5. The van der Waals surface area contributed by atoms with Crippen LogP contribution in [0, 0.1) is 16.7 Å². The van der Waals surface area contributed by atoms with Gasteiger partial charge in [0, 0.05) is 30.3 Å². The predicted molar refractivity (Wildman–Crippen MR) is 119 cm³/mol. The molecule has 1 amide bonds. The lowest BCUT2D eigenvalue weighted by molar-refractivity contribution is -0.178. The smallest absolute Gasteiger partial charge is 0.393 e. The molecule has 1 saturated carbocycles. The van der Waals surface area contributed by atoms with Gasteiger partial charge < -0.3 is 30.9 Å². The number of hydrogen-bond acceptors (Lipinski definition) is 11. The molecule has 6 N–H and O–H groups in total. The van der Waals surface area contributed by atoms with Gasteiger partial charge in [-0.1, -0.05) is 19.9 Å². The molecule has 0 aliphatic heterocycles. The van der Waals surface area contributed by atoms with Crippen LogP contribution in [0.5, 0.6) is 5.75 Å². The molecule has 13 heteroatoms. The van der Waals surface area contributed by atoms with Crippen molar-refractivity contribution in [3.63, 3.8) is 0 Å². The molecule has 0 spiro atoms. The number of nitroso groups, excluding NO2 is 1. The SMILES string of the molecule is CCC(=O)O[C@H]1[C@H]2C(=C(O)c3c(ccc(N=[N+]=O)c3O)[C@@H]2C)C(=O)[C@]2(O)C(O)=C(C(N)=O)C(=O)C[C@H]12. The summed E-state index contributed by atoms with van der Waals surface area (Å²) in [7, 11) is 0. The molecule has 1 aromatic carbocycles. The van der Waals surface area contributed by atoms with Gasteiger partial charge >= 0.3 is 10.9 Å². The number of nitrogens with zero attached hydrogens (tertiary/aromatic N) is 2. The molecule has 3 aliphatic rings. The van der Waals surface area contributed by atoms with Gasteiger partial charge in [-0.05, 0) is 17.5 Å². The molecule has 0 radical (unpaired) electrons. The van der Waals surface area contributed by atoms with Crippen LogP contribution in [-0.4, -0.2) is 55.6 Å². The summed E-state index contributed by atoms with van der Waals surface area (Å²) in [6.07, 6.45) is -2.18. The Kier molecular flexibility index (Phi) is 5.78. The minimum atomic E-state index is -2.95. The third-order valence-electron chi connectivity index (χ3n) is 7.15. The number of ketones is 2. The van der Waals surface area contributed by atoms with Gasteiger partial charge in [0.05, 0.1) is 5.56 Å². The van der Waals surface area contributed by atoms with Crippen LogP contribution in [0.1, 0.15) is 43.7 Å². The van der Waals surface area contributed by atoms with Crippen molar-refractivity contribution in [1.29, 1.82) is 0 Å². The molecule has 0 heterocycles. The number of aliphatic hydroxyl groups excluding tert-OH is 2. The second-order valence-corrected chi connectivity index (χ2v) is 8.88. The molecule has 3 aliphatic carbocycles. The van der Waals surface area contributed by atoms with Crippen LogP contribution >= 0.6 is 0 Å². The molecule has 0 bridgehead atoms. The highest BCUT2D eigenvalue weighted by molar-refractivity contribution is 6.23. The summed E-state index contributed by atoms with van der Waals surface area (Å²) in [6, 6.07) is 2.69. The van der Waals surface area contributed by atoms with E-state index in [4.69, 9.17) is 10.5 Å². The quantitative estimate of drug-likeness (QED) is 0.169. The number of phenolic OH excluding ortho intramolecular Hbond substituents is 1. The van der Waals surface area contributed by atoms with Crippen molar-refractivity contribution < 1.29 is 44.3 Å². The summed E-state index contributed by atoms with van der Waals surface area (Å²) in [5.74, 6) is -10.5. The number of benzene rings is 1. The first-order valence-corrected chi connectivity index (χ1v) is 11.0. The zero-order valence-corrected chi connectivity index (χ0v) is 19.1. The molecule has 188 valence electrons. The van der Waals surface area contributed by atoms with E-state index in [9.17, 15) is 44.5 Å². The van der Waals surface area contributed by atoms with Gasteiger partial charge in [-0.25, -0.2) is 0 Å². The number of fused-ring (bicyclic) bond motifs is 3. The fourth-order valence-corrected chi connectivity index (χ4v) is 5.47. The number of phenols is 1. The molecular formula is C23H22N3O10+. The zero-order valence-electron chi connectivity index (χ0n) is 19.1. The van der Waals surface area contributed by atoms with Crippen molar-refractivity contribution in [2.45, 2.75) is 44.3 Å². The van der Waals surface area contributed by atoms with Crippen LogP contribution in [0.3, 0.4) is 0 Å². The van der Waals surface area contributed by atoms with Crippen molar-refractivity contribution >= 4 is 34.9 Å². The maximum atomic E-state index is 13.8. The summed E-state index contributed by atoms with van der Waals surface area (Å²) < 4.78 is 5.58. The van der Waals surface area contributed by atoms with Crippen LogP contribution in [0.2, 0.25) is 0 Å². The van der Waals surface area contributed by atoms with Crippen molar-refractivity contribution in [2.75, 3.05) is 0 Å². The summed E-state index contributed by atoms with van der Waals surface area (Å²) in [5.41, 5.74) is 0.457. The van der Waals surface area contributed by atoms with E-state index in [2.05, 4.69) is 10.1 Å². The predicted octanol–water partition coefficient (Wildman–Crippen LogP) is 0.834. The molecule has 36 heavy (non-hydrogen) atoms. The van der Waals surface area contributed by atoms with E-state index in [-0.39, 0.29) is 17.7 Å². The van der Waals surface area contributed by atoms with Crippen molar-refractivity contribution in [3.8, 4) is 5.75 Å². The molecule has 5 atom stereocenters. The number of nitrogens with two attached hydrogens (primary N) is 1. The van der Waals surface area contributed by atoms with Crippen LogP contribution in [0.25, 0.3) is 5.76 Å². The lowest BCUT2D eigenvalue weighted by Gasteiger charge is -2.51. The molecule has 1 fully saturated rings. The van der Waals surface area contributed by atoms with Crippen LogP contribution in [0.15, 0.2) is 34.2 Å². The number of aromatic hydroxyl groups is 1. The number of amides is 1. The van der Waals surface area contributed by atoms with E-state index >= 15 is 0 Å². The minimum Gasteiger partial charge on any atom is -0.508 e. The standard InChI is InChI=1S/C23H21N3O10/c1-3-12(28)36-19-9-6-11(27)15(22(24)33)20(31)23(9,34)21(32)16-13(19)7(2)8-4-5-10(25-26-35)17(29)14(8)18(16)30/h4-5,7,9,13,19,34H,3,6H2,1-2H3,(H4,24,27,30,31,32,33)/p+1/t7-,9+,13+,19+,23+/m0/s1. The van der Waals surface area contributed by atoms with Gasteiger partial charge in [-0.2, -0.15) is 0 Å². The largest absolute Gasteiger partial charge is 0.508 e. The Labute approximate surface area is 202 Å². The van der Waals surface area contributed by atoms with Crippen molar-refractivity contribution in [2.24, 2.45) is 22.7 Å². The number of rotatable bonds is 4. The lowest BCUT2D eigenvalue weighted by atomic mass is 9.55. The van der Waals surface area contributed by atoms with Gasteiger partial charge in [0.15, 0.2) is 32.8 Å². The molecule has 13 nitrogen and oxygen atoms in total. The number of aliphatic hydroxyl groups is 3. The van der Waals surface area contributed by atoms with Crippen LogP contribution in [-0.2, 0) is 23.9 Å². The second kappa shape index (κ2) is 8.40. The average Bonchev–Trinajstić information content (AvgIpc) is 2.82. The Hall–Kier alpha value is -4.35. The zero-order chi connectivity index (χ0) is 26.7. The van der Waals surface area contributed by atoms with E-state index in [0.717, 1.165) is 0 Å². The Morgan fingerprint density at radius 2 is 1.92 bits per heavy atom. The number of primary amides is 1. The Morgan fingerprint density at radius 1 is 1.25 bits per heavy atom. The monoisotopic (exact) mass is 500 g/mol. The van der Waals surface area contributed by atoms with E-state index in [1.54, 1.807) is 6.92 Å². The third kappa shape index (κ3) is 3.17. The van der Waals surface area contributed by atoms with Gasteiger partial charge in [0.2, 0.25) is 5.78 Å². The number of hydrogen-bond donors (Lipinski definition) is 5. The first-order valence-electron chi connectivity index (χ1n) is 11.0. The molecule has 0 saturated heterocycles. The van der Waals surface area contributed by atoms with Gasteiger partial charge in [0.1, 0.15) is 23.2 Å². The Morgan fingerprint density at radius 3 is 2.50 bits per heavy atom. The highest BCUT2D eigenvalue weighted by Gasteiger charge is 2.66. The summed E-state index contributed by atoms with van der Waals surface area (Å²) in [6.45, 7) is 3.10. The molecule has 0 unspecified atom stereocenters. The van der Waals surface area contributed by atoms with Crippen molar-refractivity contribution in [1.82, 2.24) is 4.97 Å². The topological polar surface area (TPSA) is 228 Å². The summed E-state index contributed by atoms with van der Waals surface area (Å²) in [5, 5.41) is 47.4. The molecule has 4 rings (SSSR count). The summed E-state index contributed by atoms with van der Waals surface area (Å²) >= 11 is 0. The molecular weight excluding hydrogens is 478 g/mol. The minimum absolute atomic E-state index is 0.106. The maximum absolute atomic E-state index is 13.8. The van der Waals surface area contributed by atoms with E-state index in [0.29, 0.717) is 5.56 Å². The number of carbonyl (C=O) groups is 4. The number of esters is 1. The molecule has 1 aromatic rings. The lowest BCUT2D eigenvalue weighted by Crippen LogP contribution is -2.64. The van der Waals surface area contributed by atoms with Crippen LogP contribution in [0.4, 0.5) is 5.69 Å². The third-order valence-corrected chi connectivity index (χ3v) is 7.15. The second-order valence-electron chi connectivity index (χ2n) is 8.88. The number of carbonyl (C=O) groups excluding carboxylic acids is 4. The van der Waals surface area contributed by atoms with E-state index < -0.39 is 87.7 Å². The maximum Gasteiger partial charge on any atom is 0.393 e. The highest BCUT2D eigenvalue weighted by Crippen LogP contribution is 2.57. The number of Topliss-reactive ketones (excluding diaryl/α,β-unsaturated/α-hetero) is 2. The first kappa shape index (κ1) is 24.8. The number of ether oxygens (including phenoxy) is 1. The van der Waals surface area contributed by atoms with E-state index in [1.165, 1.54) is 19.1 Å². The van der Waals surface area contributed by atoms with Crippen LogP contribution < -0.4 is 10.7 Å². The Balaban J connectivity index is 2.06.